The van der Waals surface area contributed by atoms with E-state index in [9.17, 15) is 14.0 Å². The summed E-state index contributed by atoms with van der Waals surface area (Å²) in [6, 6.07) is 11.7. The maximum absolute atomic E-state index is 13.0. The molecule has 1 fully saturated rings. The second-order valence-electron chi connectivity index (χ2n) is 6.15. The lowest BCUT2D eigenvalue weighted by atomic mass is 10.1. The molecular weight excluding hydrogens is 307 g/mol. The summed E-state index contributed by atoms with van der Waals surface area (Å²) in [5, 5.41) is 5.68. The maximum atomic E-state index is 13.0. The Morgan fingerprint density at radius 2 is 1.67 bits per heavy atom. The molecule has 0 saturated heterocycles. The van der Waals surface area contributed by atoms with Gasteiger partial charge in [-0.15, -0.1) is 0 Å². The fourth-order valence-corrected chi connectivity index (χ4v) is 2.88. The zero-order valence-corrected chi connectivity index (χ0v) is 13.6. The lowest BCUT2D eigenvalue weighted by Crippen LogP contribution is -2.16. The van der Waals surface area contributed by atoms with Crippen LogP contribution in [-0.2, 0) is 9.59 Å². The Kier molecular flexibility index (Phi) is 4.34. The van der Waals surface area contributed by atoms with Gasteiger partial charge in [0.1, 0.15) is 5.82 Å². The lowest BCUT2D eigenvalue weighted by molar-refractivity contribution is -0.117. The summed E-state index contributed by atoms with van der Waals surface area (Å²) >= 11 is 0. The molecule has 1 aliphatic carbocycles. The van der Waals surface area contributed by atoms with Gasteiger partial charge in [-0.3, -0.25) is 9.59 Å². The molecule has 2 unspecified atom stereocenters. The molecule has 2 atom stereocenters. The van der Waals surface area contributed by atoms with Gasteiger partial charge in [0, 0.05) is 24.2 Å². The highest BCUT2D eigenvalue weighted by molar-refractivity contribution is 5.97. The summed E-state index contributed by atoms with van der Waals surface area (Å²) in [7, 11) is 0. The highest BCUT2D eigenvalue weighted by Crippen LogP contribution is 2.48. The SMILES string of the molecule is CC(=O)Nc1cccc(NC(=O)C2CC2c2ccc(F)cc2)c1C. The zero-order valence-electron chi connectivity index (χ0n) is 13.6. The minimum atomic E-state index is -0.272. The average molecular weight is 326 g/mol. The summed E-state index contributed by atoms with van der Waals surface area (Å²) in [5.41, 5.74) is 3.18. The molecule has 4 nitrogen and oxygen atoms in total. The fourth-order valence-electron chi connectivity index (χ4n) is 2.88. The van der Waals surface area contributed by atoms with Gasteiger partial charge in [-0.1, -0.05) is 18.2 Å². The molecule has 2 aromatic carbocycles. The molecule has 1 aliphatic rings. The number of amides is 2. The van der Waals surface area contributed by atoms with Gasteiger partial charge in [0.15, 0.2) is 0 Å². The van der Waals surface area contributed by atoms with Gasteiger partial charge in [-0.05, 0) is 54.7 Å². The first kappa shape index (κ1) is 16.2. The Bertz CT molecular complexity index is 786. The van der Waals surface area contributed by atoms with E-state index in [2.05, 4.69) is 10.6 Å². The Morgan fingerprint density at radius 1 is 1.04 bits per heavy atom. The van der Waals surface area contributed by atoms with Crippen molar-refractivity contribution in [1.82, 2.24) is 0 Å². The van der Waals surface area contributed by atoms with Crippen molar-refractivity contribution in [2.45, 2.75) is 26.2 Å². The van der Waals surface area contributed by atoms with E-state index in [0.29, 0.717) is 11.4 Å². The molecule has 124 valence electrons. The van der Waals surface area contributed by atoms with E-state index in [1.54, 1.807) is 24.3 Å². The van der Waals surface area contributed by atoms with Crippen LogP contribution in [0.25, 0.3) is 0 Å². The smallest absolute Gasteiger partial charge is 0.228 e. The van der Waals surface area contributed by atoms with Crippen molar-refractivity contribution in [2.75, 3.05) is 10.6 Å². The molecule has 0 spiro atoms. The molecule has 24 heavy (non-hydrogen) atoms. The molecule has 0 aliphatic heterocycles. The van der Waals surface area contributed by atoms with Gasteiger partial charge < -0.3 is 10.6 Å². The summed E-state index contributed by atoms with van der Waals surface area (Å²) in [6.45, 7) is 3.30. The number of nitrogens with one attached hydrogen (secondary N) is 2. The second-order valence-corrected chi connectivity index (χ2v) is 6.15. The number of rotatable bonds is 4. The molecular formula is C19H19FN2O2. The molecule has 0 aromatic heterocycles. The number of carbonyl (C=O) groups is 2. The van der Waals surface area contributed by atoms with Crippen molar-refractivity contribution in [1.29, 1.82) is 0 Å². The Hall–Kier alpha value is -2.69. The Morgan fingerprint density at radius 3 is 2.29 bits per heavy atom. The number of anilines is 2. The molecule has 3 rings (SSSR count). The minimum Gasteiger partial charge on any atom is -0.326 e. The minimum absolute atomic E-state index is 0.0487. The monoisotopic (exact) mass is 326 g/mol. The van der Waals surface area contributed by atoms with E-state index < -0.39 is 0 Å². The average Bonchev–Trinajstić information content (AvgIpc) is 3.32. The molecule has 5 heteroatoms. The third-order valence-electron chi connectivity index (χ3n) is 4.33. The number of hydrogen-bond acceptors (Lipinski definition) is 2. The van der Waals surface area contributed by atoms with Crippen LogP contribution in [0.15, 0.2) is 42.5 Å². The van der Waals surface area contributed by atoms with Gasteiger partial charge in [0.05, 0.1) is 0 Å². The fraction of sp³-hybridized carbons (Fsp3) is 0.263. The number of benzene rings is 2. The summed E-state index contributed by atoms with van der Waals surface area (Å²) < 4.78 is 13.0. The lowest BCUT2D eigenvalue weighted by Gasteiger charge is -2.12. The van der Waals surface area contributed by atoms with E-state index in [1.807, 2.05) is 13.0 Å². The first-order chi connectivity index (χ1) is 11.5. The van der Waals surface area contributed by atoms with Gasteiger partial charge >= 0.3 is 0 Å². The van der Waals surface area contributed by atoms with Crippen LogP contribution in [0.2, 0.25) is 0 Å². The molecule has 0 heterocycles. The van der Waals surface area contributed by atoms with Crippen LogP contribution < -0.4 is 10.6 Å². The van der Waals surface area contributed by atoms with Crippen molar-refractivity contribution in [3.63, 3.8) is 0 Å². The maximum Gasteiger partial charge on any atom is 0.228 e. The Labute approximate surface area is 140 Å². The highest BCUT2D eigenvalue weighted by atomic mass is 19.1. The molecule has 2 aromatic rings. The van der Waals surface area contributed by atoms with E-state index in [-0.39, 0.29) is 29.5 Å². The standard InChI is InChI=1S/C19H19FN2O2/c1-11-17(21-12(2)23)4-3-5-18(11)22-19(24)16-10-15(16)13-6-8-14(20)9-7-13/h3-9,15-16H,10H2,1-2H3,(H,21,23)(H,22,24). The molecule has 1 saturated carbocycles. The topological polar surface area (TPSA) is 58.2 Å². The number of carbonyl (C=O) groups excluding carboxylic acids is 2. The van der Waals surface area contributed by atoms with Gasteiger partial charge in [0.25, 0.3) is 0 Å². The summed E-state index contributed by atoms with van der Waals surface area (Å²) in [6.07, 6.45) is 0.766. The van der Waals surface area contributed by atoms with Crippen LogP contribution in [0.3, 0.4) is 0 Å². The molecule has 2 N–H and O–H groups in total. The van der Waals surface area contributed by atoms with Crippen molar-refractivity contribution >= 4 is 23.2 Å². The van der Waals surface area contributed by atoms with Crippen LogP contribution in [0.1, 0.15) is 30.4 Å². The summed E-state index contributed by atoms with van der Waals surface area (Å²) in [5.74, 6) is -0.429. The predicted molar refractivity (Wildman–Crippen MR) is 91.4 cm³/mol. The quantitative estimate of drug-likeness (QED) is 0.897. The van der Waals surface area contributed by atoms with Crippen molar-refractivity contribution in [3.8, 4) is 0 Å². The third kappa shape index (κ3) is 3.45. The van der Waals surface area contributed by atoms with Crippen LogP contribution >= 0.6 is 0 Å². The van der Waals surface area contributed by atoms with Crippen molar-refractivity contribution in [3.05, 3.63) is 59.4 Å². The van der Waals surface area contributed by atoms with Crippen molar-refractivity contribution in [2.24, 2.45) is 5.92 Å². The number of halogens is 1. The molecule has 0 bridgehead atoms. The number of hydrogen-bond donors (Lipinski definition) is 2. The van der Waals surface area contributed by atoms with Crippen LogP contribution in [0.4, 0.5) is 15.8 Å². The van der Waals surface area contributed by atoms with Gasteiger partial charge in [-0.2, -0.15) is 0 Å². The zero-order chi connectivity index (χ0) is 17.3. The van der Waals surface area contributed by atoms with E-state index in [1.165, 1.54) is 19.1 Å². The van der Waals surface area contributed by atoms with Crippen LogP contribution in [-0.4, -0.2) is 11.8 Å². The van der Waals surface area contributed by atoms with Crippen molar-refractivity contribution < 1.29 is 14.0 Å². The second kappa shape index (κ2) is 6.43. The Balaban J connectivity index is 1.68. The molecule has 2 amide bonds. The van der Waals surface area contributed by atoms with E-state index in [0.717, 1.165) is 17.5 Å². The third-order valence-corrected chi connectivity index (χ3v) is 4.33. The molecule has 0 radical (unpaired) electrons. The van der Waals surface area contributed by atoms with Gasteiger partial charge in [-0.25, -0.2) is 4.39 Å². The predicted octanol–water partition coefficient (Wildman–Crippen LogP) is 3.83. The van der Waals surface area contributed by atoms with E-state index >= 15 is 0 Å². The highest BCUT2D eigenvalue weighted by Gasteiger charge is 2.44. The largest absolute Gasteiger partial charge is 0.326 e. The van der Waals surface area contributed by atoms with E-state index in [4.69, 9.17) is 0 Å². The van der Waals surface area contributed by atoms with Crippen LogP contribution in [0, 0.1) is 18.7 Å². The first-order valence-electron chi connectivity index (χ1n) is 7.89. The summed E-state index contributed by atoms with van der Waals surface area (Å²) in [4.78, 5) is 23.7. The van der Waals surface area contributed by atoms with Crippen LogP contribution in [0.5, 0.6) is 0 Å². The van der Waals surface area contributed by atoms with Gasteiger partial charge in [0.2, 0.25) is 11.8 Å². The normalized spacial score (nSPS) is 18.8. The first-order valence-corrected chi connectivity index (χ1v) is 7.89.